The second-order valence-electron chi connectivity index (χ2n) is 6.62. The fourth-order valence-corrected chi connectivity index (χ4v) is 3.20. The first-order valence-corrected chi connectivity index (χ1v) is 9.18. The minimum atomic E-state index is -1.05. The molecule has 0 radical (unpaired) electrons. The molecule has 1 atom stereocenters. The van der Waals surface area contributed by atoms with Crippen molar-refractivity contribution in [2.45, 2.75) is 38.6 Å². The summed E-state index contributed by atoms with van der Waals surface area (Å²) in [4.78, 5) is 61.7. The highest BCUT2D eigenvalue weighted by atomic mass is 16.5. The van der Waals surface area contributed by atoms with E-state index >= 15 is 0 Å². The van der Waals surface area contributed by atoms with E-state index < -0.39 is 29.7 Å². The Bertz CT molecular complexity index is 850. The van der Waals surface area contributed by atoms with Crippen LogP contribution in [0.3, 0.4) is 0 Å². The Labute approximate surface area is 161 Å². The second-order valence-corrected chi connectivity index (χ2v) is 6.62. The highest BCUT2D eigenvalue weighted by Crippen LogP contribution is 2.33. The van der Waals surface area contributed by atoms with Gasteiger partial charge in [-0.1, -0.05) is 19.4 Å². The van der Waals surface area contributed by atoms with Crippen LogP contribution in [0, 0.1) is 0 Å². The minimum Gasteiger partial charge on any atom is -0.483 e. The molecule has 2 heterocycles. The maximum atomic E-state index is 12.9. The molecule has 148 valence electrons. The lowest BCUT2D eigenvalue weighted by molar-refractivity contribution is -0.136. The summed E-state index contributed by atoms with van der Waals surface area (Å²) in [6.45, 7) is 2.25. The number of piperidine rings is 1. The van der Waals surface area contributed by atoms with Crippen LogP contribution in [0.1, 0.15) is 53.3 Å². The zero-order valence-corrected chi connectivity index (χ0v) is 15.4. The van der Waals surface area contributed by atoms with Gasteiger partial charge in [0.25, 0.3) is 17.7 Å². The van der Waals surface area contributed by atoms with E-state index in [-0.39, 0.29) is 42.2 Å². The number of carbonyl (C=O) groups is 5. The lowest BCUT2D eigenvalue weighted by Crippen LogP contribution is -2.54. The molecule has 0 aliphatic carbocycles. The average molecular weight is 387 g/mol. The van der Waals surface area contributed by atoms with Crippen molar-refractivity contribution >= 4 is 29.5 Å². The molecule has 1 fully saturated rings. The number of benzene rings is 1. The normalized spacial score (nSPS) is 18.8. The van der Waals surface area contributed by atoms with Crippen molar-refractivity contribution < 1.29 is 28.7 Å². The van der Waals surface area contributed by atoms with Crippen molar-refractivity contribution in [2.24, 2.45) is 0 Å². The van der Waals surface area contributed by atoms with Gasteiger partial charge >= 0.3 is 0 Å². The Morgan fingerprint density at radius 2 is 2.04 bits per heavy atom. The topological polar surface area (TPSA) is 122 Å². The number of hydrogen-bond acceptors (Lipinski definition) is 6. The Morgan fingerprint density at radius 3 is 2.75 bits per heavy atom. The summed E-state index contributed by atoms with van der Waals surface area (Å²) in [6, 6.07) is 3.46. The van der Waals surface area contributed by atoms with Crippen LogP contribution in [0.25, 0.3) is 0 Å². The number of imide groups is 2. The van der Waals surface area contributed by atoms with Crippen LogP contribution in [-0.4, -0.2) is 53.6 Å². The molecule has 1 unspecified atom stereocenters. The van der Waals surface area contributed by atoms with Gasteiger partial charge in [0.15, 0.2) is 6.61 Å². The van der Waals surface area contributed by atoms with E-state index in [1.807, 2.05) is 6.92 Å². The molecule has 1 aromatic rings. The molecule has 0 spiro atoms. The summed E-state index contributed by atoms with van der Waals surface area (Å²) in [5, 5.41) is 4.85. The van der Waals surface area contributed by atoms with Crippen molar-refractivity contribution in [1.29, 1.82) is 0 Å². The van der Waals surface area contributed by atoms with Gasteiger partial charge in [-0.2, -0.15) is 0 Å². The molecule has 0 aromatic heterocycles. The quantitative estimate of drug-likeness (QED) is 0.515. The van der Waals surface area contributed by atoms with Crippen LogP contribution in [0.5, 0.6) is 5.75 Å². The summed E-state index contributed by atoms with van der Waals surface area (Å²) in [5.74, 6) is -2.62. The fourth-order valence-electron chi connectivity index (χ4n) is 3.20. The van der Waals surface area contributed by atoms with Gasteiger partial charge in [-0.15, -0.1) is 0 Å². The molecule has 3 rings (SSSR count). The molecule has 9 nitrogen and oxygen atoms in total. The summed E-state index contributed by atoms with van der Waals surface area (Å²) in [7, 11) is 0. The van der Waals surface area contributed by atoms with Crippen LogP contribution < -0.4 is 15.4 Å². The molecule has 9 heteroatoms. The van der Waals surface area contributed by atoms with Crippen LogP contribution in [0.2, 0.25) is 0 Å². The van der Waals surface area contributed by atoms with Crippen LogP contribution in [0.4, 0.5) is 0 Å². The standard InChI is InChI=1S/C19H21N3O6/c1-2-3-9-20-15(24)10-28-13-6-4-5-11-16(13)19(27)22(18(11)26)12-7-8-14(23)21-17(12)25/h4-6,12H,2-3,7-10H2,1H3,(H,20,24)(H,21,23,25). The zero-order valence-electron chi connectivity index (χ0n) is 15.4. The summed E-state index contributed by atoms with van der Waals surface area (Å²) in [5.41, 5.74) is 0.136. The lowest BCUT2D eigenvalue weighted by atomic mass is 10.0. The van der Waals surface area contributed by atoms with E-state index in [0.29, 0.717) is 6.54 Å². The maximum absolute atomic E-state index is 12.9. The molecule has 0 bridgehead atoms. The number of nitrogens with zero attached hydrogens (tertiary/aromatic N) is 1. The number of hydrogen-bond donors (Lipinski definition) is 2. The third kappa shape index (κ3) is 3.73. The highest BCUT2D eigenvalue weighted by molar-refractivity contribution is 6.24. The molecule has 2 aliphatic rings. The van der Waals surface area contributed by atoms with Crippen LogP contribution in [-0.2, 0) is 14.4 Å². The van der Waals surface area contributed by atoms with E-state index in [1.165, 1.54) is 12.1 Å². The summed E-state index contributed by atoms with van der Waals surface area (Å²) < 4.78 is 5.47. The number of carbonyl (C=O) groups excluding carboxylic acids is 5. The van der Waals surface area contributed by atoms with Gasteiger partial charge in [-0.05, 0) is 25.0 Å². The van der Waals surface area contributed by atoms with Crippen molar-refractivity contribution in [2.75, 3.05) is 13.2 Å². The Hall–Kier alpha value is -3.23. The average Bonchev–Trinajstić information content (AvgIpc) is 2.92. The van der Waals surface area contributed by atoms with Crippen LogP contribution in [0.15, 0.2) is 18.2 Å². The third-order valence-electron chi connectivity index (χ3n) is 4.64. The lowest BCUT2D eigenvalue weighted by Gasteiger charge is -2.27. The van der Waals surface area contributed by atoms with Gasteiger partial charge in [-0.25, -0.2) is 0 Å². The van der Waals surface area contributed by atoms with Gasteiger partial charge in [0, 0.05) is 13.0 Å². The van der Waals surface area contributed by atoms with Crippen LogP contribution >= 0.6 is 0 Å². The summed E-state index contributed by atoms with van der Waals surface area (Å²) >= 11 is 0. The van der Waals surface area contributed by atoms with Gasteiger partial charge in [0.2, 0.25) is 11.8 Å². The second kappa shape index (κ2) is 8.20. The Morgan fingerprint density at radius 1 is 1.25 bits per heavy atom. The number of ether oxygens (including phenoxy) is 1. The van der Waals surface area contributed by atoms with Crippen molar-refractivity contribution in [3.8, 4) is 5.75 Å². The summed E-state index contributed by atoms with van der Waals surface area (Å²) in [6.07, 6.45) is 1.91. The molecule has 1 saturated heterocycles. The first-order chi connectivity index (χ1) is 13.4. The largest absolute Gasteiger partial charge is 0.483 e. The SMILES string of the molecule is CCCCNC(=O)COc1cccc2c1C(=O)N(C1CCC(=O)NC1=O)C2=O. The molecule has 0 saturated carbocycles. The number of rotatable bonds is 7. The molecular weight excluding hydrogens is 366 g/mol. The number of amides is 5. The van der Waals surface area contributed by atoms with Crippen molar-refractivity contribution in [1.82, 2.24) is 15.5 Å². The molecular formula is C19H21N3O6. The van der Waals surface area contributed by atoms with E-state index in [9.17, 15) is 24.0 Å². The first-order valence-electron chi connectivity index (χ1n) is 9.18. The molecule has 1 aromatic carbocycles. The predicted octanol–water partition coefficient (Wildman–Crippen LogP) is 0.383. The molecule has 5 amide bonds. The first kappa shape index (κ1) is 19.5. The highest BCUT2D eigenvalue weighted by Gasteiger charge is 2.46. The number of fused-ring (bicyclic) bond motifs is 1. The minimum absolute atomic E-state index is 0.0264. The van der Waals surface area contributed by atoms with Gasteiger partial charge < -0.3 is 10.1 Å². The number of unbranched alkanes of at least 4 members (excludes halogenated alkanes) is 1. The predicted molar refractivity (Wildman–Crippen MR) is 96.5 cm³/mol. The molecule has 2 N–H and O–H groups in total. The van der Waals surface area contributed by atoms with E-state index in [1.54, 1.807) is 6.07 Å². The number of nitrogens with one attached hydrogen (secondary N) is 2. The van der Waals surface area contributed by atoms with E-state index in [0.717, 1.165) is 17.7 Å². The molecule has 28 heavy (non-hydrogen) atoms. The zero-order chi connectivity index (χ0) is 20.3. The Balaban J connectivity index is 1.76. The molecule has 2 aliphatic heterocycles. The Kier molecular flexibility index (Phi) is 5.72. The van der Waals surface area contributed by atoms with E-state index in [2.05, 4.69) is 10.6 Å². The smallest absolute Gasteiger partial charge is 0.266 e. The fraction of sp³-hybridized carbons (Fsp3) is 0.421. The third-order valence-corrected chi connectivity index (χ3v) is 4.64. The van der Waals surface area contributed by atoms with E-state index in [4.69, 9.17) is 4.74 Å². The van der Waals surface area contributed by atoms with Crippen molar-refractivity contribution in [3.63, 3.8) is 0 Å². The monoisotopic (exact) mass is 387 g/mol. The van der Waals surface area contributed by atoms with Gasteiger partial charge in [0.05, 0.1) is 11.1 Å². The van der Waals surface area contributed by atoms with Gasteiger partial charge in [-0.3, -0.25) is 34.2 Å². The van der Waals surface area contributed by atoms with Crippen molar-refractivity contribution in [3.05, 3.63) is 29.3 Å². The maximum Gasteiger partial charge on any atom is 0.266 e. The van der Waals surface area contributed by atoms with Gasteiger partial charge in [0.1, 0.15) is 11.8 Å².